The first-order chi connectivity index (χ1) is 9.28. The van der Waals surface area contributed by atoms with Gasteiger partial charge in [0.15, 0.2) is 0 Å². The highest BCUT2D eigenvalue weighted by Crippen LogP contribution is 2.24. The van der Waals surface area contributed by atoms with Gasteiger partial charge in [0.1, 0.15) is 10.7 Å². The molecule has 0 aromatic carbocycles. The molecule has 1 heterocycles. The van der Waals surface area contributed by atoms with E-state index in [1.165, 1.54) is 23.7 Å². The van der Waals surface area contributed by atoms with E-state index in [0.29, 0.717) is 17.6 Å². The molecule has 6 nitrogen and oxygen atoms in total. The van der Waals surface area contributed by atoms with Crippen molar-refractivity contribution in [3.05, 3.63) is 16.7 Å². The van der Waals surface area contributed by atoms with E-state index in [1.807, 2.05) is 13.8 Å². The second-order valence-electron chi connectivity index (χ2n) is 4.79. The van der Waals surface area contributed by atoms with Gasteiger partial charge in [0, 0.05) is 30.9 Å². The number of anilines is 1. The Labute approximate surface area is 128 Å². The maximum absolute atomic E-state index is 12.7. The van der Waals surface area contributed by atoms with Gasteiger partial charge in [-0.1, -0.05) is 13.8 Å². The quantitative estimate of drug-likeness (QED) is 0.794. The average molecular weight is 366 g/mol. The topological polar surface area (TPSA) is 85.5 Å². The van der Waals surface area contributed by atoms with E-state index in [2.05, 4.69) is 20.9 Å². The Balaban J connectivity index is 3.17. The zero-order valence-corrected chi connectivity index (χ0v) is 14.2. The number of methoxy groups -OCH3 is 1. The van der Waals surface area contributed by atoms with Gasteiger partial charge in [0.2, 0.25) is 10.0 Å². The number of halogens is 1. The molecular formula is C12H20BrN3O3S. The highest BCUT2D eigenvalue weighted by atomic mass is 79.9. The average Bonchev–Trinajstić information content (AvgIpc) is 2.36. The number of nitrogens with zero attached hydrogens (tertiary/aromatic N) is 2. The summed E-state index contributed by atoms with van der Waals surface area (Å²) in [5.41, 5.74) is 5.70. The van der Waals surface area contributed by atoms with Gasteiger partial charge in [0.05, 0.1) is 6.61 Å². The molecule has 114 valence electrons. The normalized spacial score (nSPS) is 12.3. The summed E-state index contributed by atoms with van der Waals surface area (Å²) in [5.74, 6) is 0.197. The third-order valence-electron chi connectivity index (χ3n) is 2.58. The Morgan fingerprint density at radius 1 is 1.50 bits per heavy atom. The van der Waals surface area contributed by atoms with E-state index in [-0.39, 0.29) is 23.2 Å². The van der Waals surface area contributed by atoms with Crippen molar-refractivity contribution in [3.8, 4) is 0 Å². The van der Waals surface area contributed by atoms with Crippen molar-refractivity contribution in [2.45, 2.75) is 18.7 Å². The summed E-state index contributed by atoms with van der Waals surface area (Å²) in [6.07, 6.45) is 1.47. The molecule has 0 atom stereocenters. The molecule has 0 saturated carbocycles. The Kier molecular flexibility index (Phi) is 6.38. The fourth-order valence-electron chi connectivity index (χ4n) is 1.69. The van der Waals surface area contributed by atoms with E-state index >= 15 is 0 Å². The first-order valence-corrected chi connectivity index (χ1v) is 8.42. The van der Waals surface area contributed by atoms with Crippen molar-refractivity contribution in [2.75, 3.05) is 32.5 Å². The second-order valence-corrected chi connectivity index (χ2v) is 7.61. The smallest absolute Gasteiger partial charge is 0.246 e. The standard InChI is InChI=1S/C12H20BrN3O3S/c1-9(2)8-16(4-5-19-3)20(17,18)11-6-10(13)7-15-12(11)14/h6-7,9H,4-5,8H2,1-3H3,(H2,14,15). The van der Waals surface area contributed by atoms with Crippen molar-refractivity contribution in [3.63, 3.8) is 0 Å². The van der Waals surface area contributed by atoms with Gasteiger partial charge >= 0.3 is 0 Å². The molecule has 1 rings (SSSR count). The van der Waals surface area contributed by atoms with Gasteiger partial charge in [-0.3, -0.25) is 0 Å². The van der Waals surface area contributed by atoms with Gasteiger partial charge in [-0.15, -0.1) is 0 Å². The monoisotopic (exact) mass is 365 g/mol. The van der Waals surface area contributed by atoms with Crippen LogP contribution in [0.2, 0.25) is 0 Å². The summed E-state index contributed by atoms with van der Waals surface area (Å²) in [6, 6.07) is 1.47. The molecule has 0 unspecified atom stereocenters. The Morgan fingerprint density at radius 2 is 2.15 bits per heavy atom. The van der Waals surface area contributed by atoms with Gasteiger partial charge in [-0.2, -0.15) is 4.31 Å². The van der Waals surface area contributed by atoms with Crippen LogP contribution >= 0.6 is 15.9 Å². The lowest BCUT2D eigenvalue weighted by Crippen LogP contribution is -2.37. The van der Waals surface area contributed by atoms with Crippen LogP contribution in [0.25, 0.3) is 0 Å². The highest BCUT2D eigenvalue weighted by molar-refractivity contribution is 9.10. The van der Waals surface area contributed by atoms with Crippen LogP contribution in [-0.2, 0) is 14.8 Å². The third kappa shape index (κ3) is 4.41. The molecule has 2 N–H and O–H groups in total. The number of nitrogens with two attached hydrogens (primary N) is 1. The number of ether oxygens (including phenoxy) is 1. The van der Waals surface area contributed by atoms with E-state index in [9.17, 15) is 8.42 Å². The summed E-state index contributed by atoms with van der Waals surface area (Å²) >= 11 is 3.22. The predicted molar refractivity (Wildman–Crippen MR) is 81.8 cm³/mol. The molecular weight excluding hydrogens is 346 g/mol. The van der Waals surface area contributed by atoms with Crippen molar-refractivity contribution in [1.29, 1.82) is 0 Å². The van der Waals surface area contributed by atoms with E-state index in [0.717, 1.165) is 0 Å². The third-order valence-corrected chi connectivity index (χ3v) is 4.91. The maximum atomic E-state index is 12.7. The SMILES string of the molecule is COCCN(CC(C)C)S(=O)(=O)c1cc(Br)cnc1N. The number of rotatable bonds is 7. The lowest BCUT2D eigenvalue weighted by Gasteiger charge is -2.24. The zero-order valence-electron chi connectivity index (χ0n) is 11.8. The Hall–Kier alpha value is -0.700. The zero-order chi connectivity index (χ0) is 15.3. The summed E-state index contributed by atoms with van der Waals surface area (Å²) in [5, 5.41) is 0. The number of pyridine rings is 1. The number of hydrogen-bond donors (Lipinski definition) is 1. The molecule has 20 heavy (non-hydrogen) atoms. The van der Waals surface area contributed by atoms with Crippen molar-refractivity contribution in [1.82, 2.24) is 9.29 Å². The van der Waals surface area contributed by atoms with Crippen LogP contribution < -0.4 is 5.73 Å². The van der Waals surface area contributed by atoms with E-state index in [4.69, 9.17) is 10.5 Å². The fourth-order valence-corrected chi connectivity index (χ4v) is 3.85. The second kappa shape index (κ2) is 7.35. The number of aromatic nitrogens is 1. The predicted octanol–water partition coefficient (Wildman–Crippen LogP) is 1.72. The molecule has 0 saturated heterocycles. The first kappa shape index (κ1) is 17.4. The minimum atomic E-state index is -3.69. The van der Waals surface area contributed by atoms with Crippen LogP contribution in [0.3, 0.4) is 0 Å². The van der Waals surface area contributed by atoms with Gasteiger partial charge in [0.25, 0.3) is 0 Å². The molecule has 0 bridgehead atoms. The van der Waals surface area contributed by atoms with Gasteiger partial charge < -0.3 is 10.5 Å². The molecule has 0 aliphatic rings. The van der Waals surface area contributed by atoms with Crippen molar-refractivity contribution >= 4 is 31.8 Å². The van der Waals surface area contributed by atoms with Crippen LogP contribution in [0.4, 0.5) is 5.82 Å². The van der Waals surface area contributed by atoms with Gasteiger partial charge in [-0.05, 0) is 27.9 Å². The molecule has 8 heteroatoms. The highest BCUT2D eigenvalue weighted by Gasteiger charge is 2.27. The molecule has 0 spiro atoms. The van der Waals surface area contributed by atoms with Gasteiger partial charge in [-0.25, -0.2) is 13.4 Å². The lowest BCUT2D eigenvalue weighted by molar-refractivity contribution is 0.175. The molecule has 1 aromatic heterocycles. The number of sulfonamides is 1. The van der Waals surface area contributed by atoms with Crippen LogP contribution in [-0.4, -0.2) is 44.5 Å². The molecule has 0 radical (unpaired) electrons. The summed E-state index contributed by atoms with van der Waals surface area (Å²) in [6.45, 7) is 4.92. The molecule has 0 amide bonds. The number of hydrogen-bond acceptors (Lipinski definition) is 5. The number of nitrogen functional groups attached to an aromatic ring is 1. The Bertz CT molecular complexity index is 549. The Morgan fingerprint density at radius 3 is 2.70 bits per heavy atom. The molecule has 0 aliphatic carbocycles. The minimum Gasteiger partial charge on any atom is -0.383 e. The minimum absolute atomic E-state index is 0.000581. The van der Waals surface area contributed by atoms with Crippen LogP contribution in [0.15, 0.2) is 21.6 Å². The maximum Gasteiger partial charge on any atom is 0.246 e. The largest absolute Gasteiger partial charge is 0.383 e. The molecule has 0 aliphatic heterocycles. The van der Waals surface area contributed by atoms with E-state index < -0.39 is 10.0 Å². The van der Waals surface area contributed by atoms with Crippen molar-refractivity contribution < 1.29 is 13.2 Å². The molecule has 0 fully saturated rings. The van der Waals surface area contributed by atoms with E-state index in [1.54, 1.807) is 0 Å². The fraction of sp³-hybridized carbons (Fsp3) is 0.583. The first-order valence-electron chi connectivity index (χ1n) is 6.19. The summed E-state index contributed by atoms with van der Waals surface area (Å²) < 4.78 is 32.3. The lowest BCUT2D eigenvalue weighted by atomic mass is 10.2. The van der Waals surface area contributed by atoms with Crippen LogP contribution in [0.5, 0.6) is 0 Å². The van der Waals surface area contributed by atoms with Crippen molar-refractivity contribution in [2.24, 2.45) is 5.92 Å². The molecule has 1 aromatic rings. The van der Waals surface area contributed by atoms with Crippen LogP contribution in [0.1, 0.15) is 13.8 Å². The van der Waals surface area contributed by atoms with Crippen LogP contribution in [0, 0.1) is 5.92 Å². The summed E-state index contributed by atoms with van der Waals surface area (Å²) in [4.78, 5) is 3.90. The summed E-state index contributed by atoms with van der Waals surface area (Å²) in [7, 11) is -2.15.